The topological polar surface area (TPSA) is 54.0 Å². The van der Waals surface area contributed by atoms with Crippen molar-refractivity contribution in [2.45, 2.75) is 68.1 Å². The number of allylic oxidation sites excluding steroid dienone is 2. The van der Waals surface area contributed by atoms with Crippen molar-refractivity contribution < 1.29 is 23.4 Å². The number of methoxy groups -OCH3 is 1. The first kappa shape index (κ1) is 41.3. The Kier molecular flexibility index (Phi) is 15.2. The summed E-state index contributed by atoms with van der Waals surface area (Å²) in [4.78, 5) is 12.6. The van der Waals surface area contributed by atoms with Crippen LogP contribution in [0.4, 0.5) is 0 Å². The van der Waals surface area contributed by atoms with Gasteiger partial charge in [0.1, 0.15) is 12.4 Å². The van der Waals surface area contributed by atoms with E-state index in [1.807, 2.05) is 52.0 Å². The number of ether oxygens (including phenoxy) is 3. The average molecular weight is 731 g/mol. The van der Waals surface area contributed by atoms with Gasteiger partial charge in [-0.3, -0.25) is 4.79 Å². The van der Waals surface area contributed by atoms with E-state index in [0.29, 0.717) is 13.2 Å². The Bertz CT molecular complexity index is 1710. The van der Waals surface area contributed by atoms with Crippen LogP contribution in [0.3, 0.4) is 0 Å². The van der Waals surface area contributed by atoms with Gasteiger partial charge in [-0.2, -0.15) is 0 Å². The molecule has 6 heteroatoms. The monoisotopic (exact) mass is 730 g/mol. The summed E-state index contributed by atoms with van der Waals surface area (Å²) in [5, 5.41) is 3.53. The van der Waals surface area contributed by atoms with Gasteiger partial charge >= 0.3 is 5.97 Å². The molecule has 0 saturated carbocycles. The molecule has 0 radical (unpaired) electrons. The summed E-state index contributed by atoms with van der Waals surface area (Å²) in [7, 11) is -1.39. The first-order chi connectivity index (χ1) is 25.3. The Morgan fingerprint density at radius 2 is 1.25 bits per heavy atom. The lowest BCUT2D eigenvalue weighted by atomic mass is 9.94. The fourth-order valence-corrected chi connectivity index (χ4v) is 10.8. The predicted octanol–water partition coefficient (Wildman–Crippen LogP) is 8.96. The molecule has 4 rings (SSSR count). The first-order valence-corrected chi connectivity index (χ1v) is 20.5. The number of hydrogen-bond donors (Lipinski definition) is 0. The summed E-state index contributed by atoms with van der Waals surface area (Å²) in [5.74, 6) is 0.791. The number of carbonyl (C=O) groups is 1. The van der Waals surface area contributed by atoms with Crippen molar-refractivity contribution in [1.82, 2.24) is 0 Å². The lowest BCUT2D eigenvalue weighted by Crippen LogP contribution is -2.70. The third-order valence-corrected chi connectivity index (χ3v) is 13.2. The largest absolute Gasteiger partial charge is 0.497 e. The number of benzene rings is 4. The van der Waals surface area contributed by atoms with Crippen molar-refractivity contribution in [2.75, 3.05) is 20.3 Å². The maximum absolute atomic E-state index is 12.6. The molecule has 3 unspecified atom stereocenters. The molecule has 0 aliphatic carbocycles. The van der Waals surface area contributed by atoms with E-state index in [1.54, 1.807) is 7.11 Å². The van der Waals surface area contributed by atoms with E-state index < -0.39 is 13.7 Å². The van der Waals surface area contributed by atoms with Crippen molar-refractivity contribution >= 4 is 29.8 Å². The summed E-state index contributed by atoms with van der Waals surface area (Å²) >= 11 is 0. The molecule has 0 fully saturated rings. The van der Waals surface area contributed by atoms with Crippen molar-refractivity contribution in [3.8, 4) is 5.75 Å². The van der Waals surface area contributed by atoms with Crippen LogP contribution in [0.15, 0.2) is 150 Å². The molecule has 0 N–H and O–H groups in total. The predicted molar refractivity (Wildman–Crippen MR) is 222 cm³/mol. The van der Waals surface area contributed by atoms with Crippen LogP contribution in [0.1, 0.15) is 61.0 Å². The van der Waals surface area contributed by atoms with E-state index in [9.17, 15) is 4.79 Å². The molecular formula is C47H58O5Si. The third-order valence-electron chi connectivity index (χ3n) is 9.17. The number of hydrogen-bond acceptors (Lipinski definition) is 5. The quantitative estimate of drug-likeness (QED) is 0.0357. The van der Waals surface area contributed by atoms with Crippen LogP contribution in [0.2, 0.25) is 0 Å². The van der Waals surface area contributed by atoms with Gasteiger partial charge in [0.25, 0.3) is 8.32 Å². The van der Waals surface area contributed by atoms with Crippen LogP contribution in [0, 0.1) is 17.3 Å². The van der Waals surface area contributed by atoms with Crippen molar-refractivity contribution in [3.63, 3.8) is 0 Å². The van der Waals surface area contributed by atoms with Gasteiger partial charge in [-0.15, -0.1) is 0 Å². The maximum atomic E-state index is 12.6. The highest BCUT2D eigenvalue weighted by atomic mass is 28.4. The Balaban J connectivity index is 1.71. The lowest BCUT2D eigenvalue weighted by Gasteiger charge is -2.39. The van der Waals surface area contributed by atoms with Crippen LogP contribution in [0.25, 0.3) is 0 Å². The molecule has 0 aromatic heterocycles. The minimum atomic E-state index is -3.07. The summed E-state index contributed by atoms with van der Waals surface area (Å²) in [6.07, 6.45) is 6.43. The molecule has 280 valence electrons. The zero-order valence-corrected chi connectivity index (χ0v) is 34.1. The molecule has 0 aliphatic rings. The van der Waals surface area contributed by atoms with E-state index in [2.05, 4.69) is 137 Å². The fraction of sp³-hybridized carbons (Fsp3) is 0.340. The summed E-state index contributed by atoms with van der Waals surface area (Å²) in [6.45, 7) is 17.7. The molecule has 0 amide bonds. The van der Waals surface area contributed by atoms with Gasteiger partial charge in [0, 0.05) is 5.92 Å². The van der Waals surface area contributed by atoms with Crippen molar-refractivity contribution in [2.24, 2.45) is 17.3 Å². The highest BCUT2D eigenvalue weighted by Gasteiger charge is 2.44. The van der Waals surface area contributed by atoms with Gasteiger partial charge in [-0.1, -0.05) is 141 Å². The molecule has 0 spiro atoms. The fourth-order valence-electron chi connectivity index (χ4n) is 6.58. The number of esters is 1. The molecule has 0 saturated heterocycles. The van der Waals surface area contributed by atoms with Crippen LogP contribution in [-0.4, -0.2) is 40.7 Å². The van der Waals surface area contributed by atoms with E-state index in [-0.39, 0.29) is 30.5 Å². The molecular weight excluding hydrogens is 673 g/mol. The molecule has 0 heterocycles. The van der Waals surface area contributed by atoms with Crippen LogP contribution in [-0.2, 0) is 25.3 Å². The van der Waals surface area contributed by atoms with E-state index in [1.165, 1.54) is 15.6 Å². The molecule has 5 nitrogen and oxygen atoms in total. The molecule has 4 aromatic carbocycles. The van der Waals surface area contributed by atoms with Crippen molar-refractivity contribution in [3.05, 3.63) is 156 Å². The van der Waals surface area contributed by atoms with Crippen molar-refractivity contribution in [1.29, 1.82) is 0 Å². The highest BCUT2D eigenvalue weighted by molar-refractivity contribution is 7.07. The molecule has 0 aliphatic heterocycles. The first-order valence-electron chi connectivity index (χ1n) is 18.6. The summed E-state index contributed by atoms with van der Waals surface area (Å²) < 4.78 is 24.9. The smallest absolute Gasteiger partial charge is 0.311 e. The van der Waals surface area contributed by atoms with Gasteiger partial charge in [-0.25, -0.2) is 0 Å². The Labute approximate surface area is 319 Å². The summed E-state index contributed by atoms with van der Waals surface area (Å²) in [5.41, 5.74) is 3.80. The molecule has 53 heavy (non-hydrogen) atoms. The average Bonchev–Trinajstić information content (AvgIpc) is 3.15. The van der Waals surface area contributed by atoms with Gasteiger partial charge in [0.15, 0.2) is 0 Å². The lowest BCUT2D eigenvalue weighted by molar-refractivity contribution is -0.151. The summed E-state index contributed by atoms with van der Waals surface area (Å²) in [6, 6.07) is 40.0. The van der Waals surface area contributed by atoms with Crippen LogP contribution >= 0.6 is 0 Å². The normalized spacial score (nSPS) is 14.7. The standard InChI is InChI=1S/C47H58O5Si/c1-35(29-36(2)32-50-34-40-25-27-41(49-9)28-26-40)30-38(4)45(39(5)31-37(3)33-51-46(48)47(6,7)8)52-53(42-19-13-10-14-20-42,43-21-15-11-16-22-43)44-23-17-12-18-24-44/h10-31,36,39,45H,32-34H2,1-9H3/b35-29+,37-31+,38-30+. The number of rotatable bonds is 17. The van der Waals surface area contributed by atoms with E-state index in [0.717, 1.165) is 28.0 Å². The van der Waals surface area contributed by atoms with Crippen LogP contribution < -0.4 is 20.3 Å². The minimum absolute atomic E-state index is 0.0411. The zero-order chi connectivity index (χ0) is 38.4. The van der Waals surface area contributed by atoms with E-state index in [4.69, 9.17) is 18.6 Å². The maximum Gasteiger partial charge on any atom is 0.311 e. The van der Waals surface area contributed by atoms with Crippen LogP contribution in [0.5, 0.6) is 5.75 Å². The highest BCUT2D eigenvalue weighted by Crippen LogP contribution is 2.26. The Morgan fingerprint density at radius 3 is 1.72 bits per heavy atom. The molecule has 3 atom stereocenters. The number of carbonyl (C=O) groups excluding carboxylic acids is 1. The molecule has 0 bridgehead atoms. The molecule has 4 aromatic rings. The van der Waals surface area contributed by atoms with Gasteiger partial charge in [-0.05, 0) is 91.9 Å². The second kappa shape index (κ2) is 19.5. The van der Waals surface area contributed by atoms with Gasteiger partial charge < -0.3 is 18.6 Å². The zero-order valence-electron chi connectivity index (χ0n) is 33.1. The van der Waals surface area contributed by atoms with E-state index >= 15 is 0 Å². The minimum Gasteiger partial charge on any atom is -0.497 e. The third kappa shape index (κ3) is 11.7. The SMILES string of the molecule is COc1ccc(COCC(C)/C=C(C)/C=C(\C)C(O[Si](c2ccccc2)(c2ccccc2)c2ccccc2)C(C)/C=C(\C)COC(=O)C(C)(C)C)cc1. The van der Waals surface area contributed by atoms with Gasteiger partial charge in [0.05, 0.1) is 31.8 Å². The Morgan fingerprint density at radius 1 is 0.736 bits per heavy atom. The Hall–Kier alpha value is -4.49. The second-order valence-electron chi connectivity index (χ2n) is 15.2. The second-order valence-corrected chi connectivity index (χ2v) is 18.5. The van der Waals surface area contributed by atoms with Gasteiger partial charge in [0.2, 0.25) is 0 Å².